The number of amidine groups is 1. The van der Waals surface area contributed by atoms with Crippen molar-refractivity contribution in [3.05, 3.63) is 59.7 Å². The lowest BCUT2D eigenvalue weighted by Crippen LogP contribution is -2.48. The Morgan fingerprint density at radius 2 is 1.84 bits per heavy atom. The van der Waals surface area contributed by atoms with Crippen LogP contribution in [0.1, 0.15) is 85.5 Å². The molecule has 2 unspecified atom stereocenters. The molecule has 0 saturated carbocycles. The maximum atomic E-state index is 13.4. The van der Waals surface area contributed by atoms with Crippen LogP contribution in [0.15, 0.2) is 52.7 Å². The van der Waals surface area contributed by atoms with Crippen LogP contribution in [0.25, 0.3) is 11.0 Å². The van der Waals surface area contributed by atoms with Crippen LogP contribution < -0.4 is 21.3 Å². The minimum absolute atomic E-state index is 0.0572. The number of amides is 3. The number of nitrogens with one attached hydrogen (secondary N) is 2. The zero-order valence-corrected chi connectivity index (χ0v) is 34.2. The zero-order chi connectivity index (χ0) is 41.6. The molecular formula is C41H57N11O6. The van der Waals surface area contributed by atoms with E-state index in [0.717, 1.165) is 79.4 Å². The van der Waals surface area contributed by atoms with Crippen molar-refractivity contribution in [1.82, 2.24) is 35.0 Å². The smallest absolute Gasteiger partial charge is 0.262 e. The Morgan fingerprint density at radius 3 is 2.55 bits per heavy atom. The number of nitrogens with two attached hydrogens (primary N) is 1. The molecule has 0 spiro atoms. The molecule has 312 valence electrons. The summed E-state index contributed by atoms with van der Waals surface area (Å²) in [5.74, 6) is 0.0381. The summed E-state index contributed by atoms with van der Waals surface area (Å²) in [4.78, 5) is 73.7. The lowest BCUT2D eigenvalue weighted by Gasteiger charge is -2.36. The maximum Gasteiger partial charge on any atom is 0.262 e. The SMILES string of the molecule is CCCC(CCN=CN/C=C\C(N)=Nc1cc2c(cn1)nc(COCCN1CCN(c3ccc4c(c3)C(=O)N(C(CCC=O)C(=O)NC)C4=O)CC1)n2C(C)C)OC. The number of carbonyl (C=O) groups excluding carboxylic acids is 4. The maximum absolute atomic E-state index is 13.4. The molecule has 4 N–H and O–H groups in total. The highest BCUT2D eigenvalue weighted by Gasteiger charge is 2.42. The Labute approximate surface area is 339 Å². The molecule has 0 radical (unpaired) electrons. The molecular weight excluding hydrogens is 743 g/mol. The van der Waals surface area contributed by atoms with Crippen molar-refractivity contribution < 1.29 is 28.7 Å². The van der Waals surface area contributed by atoms with Gasteiger partial charge in [-0.25, -0.2) is 15.0 Å². The minimum atomic E-state index is -1.05. The summed E-state index contributed by atoms with van der Waals surface area (Å²) in [6.45, 7) is 11.6. The fourth-order valence-corrected chi connectivity index (χ4v) is 7.24. The molecule has 0 aliphatic carbocycles. The third kappa shape index (κ3) is 10.9. The topological polar surface area (TPSA) is 202 Å². The standard InChI is InChI=1S/C41H57N11O6/c1-6-8-30(57-5)12-14-44-27-45-15-13-36(42)48-37-24-35-33(25-46-37)47-38(51(35)28(2)3)26-58-22-20-49-16-18-50(19-17-49)29-10-11-31-32(23-29)41(56)52(40(31)55)34(9-7-21-53)39(54)43-4/h10-11,13,15,21,23-25,27-28,30,34H,6-9,12,14,16-20,22,26H2,1-5H3,(H,43,54)(H,44,45)(H2,42,46,48)/b15-13-. The summed E-state index contributed by atoms with van der Waals surface area (Å²) in [7, 11) is 3.18. The summed E-state index contributed by atoms with van der Waals surface area (Å²) in [6.07, 6.45) is 10.7. The number of aromatic nitrogens is 3. The number of pyridine rings is 1. The molecule has 1 aromatic carbocycles. The van der Waals surface area contributed by atoms with E-state index in [9.17, 15) is 19.2 Å². The highest BCUT2D eigenvalue weighted by molar-refractivity contribution is 6.23. The van der Waals surface area contributed by atoms with Crippen molar-refractivity contribution in [3.8, 4) is 0 Å². The van der Waals surface area contributed by atoms with Gasteiger partial charge in [-0.1, -0.05) is 13.3 Å². The first-order valence-corrected chi connectivity index (χ1v) is 20.0. The van der Waals surface area contributed by atoms with E-state index >= 15 is 0 Å². The molecule has 1 fully saturated rings. The third-order valence-corrected chi connectivity index (χ3v) is 10.3. The first-order valence-electron chi connectivity index (χ1n) is 20.0. The number of aldehydes is 1. The Morgan fingerprint density at radius 1 is 1.07 bits per heavy atom. The quantitative estimate of drug-likeness (QED) is 0.0441. The number of carbonyl (C=O) groups is 4. The normalized spacial score (nSPS) is 16.3. The number of ether oxygens (including phenoxy) is 2. The van der Waals surface area contributed by atoms with E-state index in [2.05, 4.69) is 60.7 Å². The van der Waals surface area contributed by atoms with Crippen molar-refractivity contribution in [1.29, 1.82) is 0 Å². The van der Waals surface area contributed by atoms with E-state index in [1.165, 1.54) is 7.05 Å². The van der Waals surface area contributed by atoms with E-state index in [1.807, 2.05) is 12.1 Å². The van der Waals surface area contributed by atoms with Crippen LogP contribution in [-0.2, 0) is 25.7 Å². The van der Waals surface area contributed by atoms with Gasteiger partial charge in [0.15, 0.2) is 5.82 Å². The Bertz CT molecular complexity index is 1990. The number of fused-ring (bicyclic) bond motifs is 2. The average Bonchev–Trinajstić information content (AvgIpc) is 3.71. The summed E-state index contributed by atoms with van der Waals surface area (Å²) in [6, 6.07) is 6.18. The van der Waals surface area contributed by atoms with Gasteiger partial charge in [0.2, 0.25) is 5.91 Å². The van der Waals surface area contributed by atoms with Crippen LogP contribution in [-0.4, -0.2) is 133 Å². The van der Waals surface area contributed by atoms with Crippen LogP contribution in [0.4, 0.5) is 11.5 Å². The number of benzene rings is 1. The summed E-state index contributed by atoms with van der Waals surface area (Å²) in [5, 5.41) is 5.50. The molecule has 5 rings (SSSR count). The predicted octanol–water partition coefficient (Wildman–Crippen LogP) is 3.37. The lowest BCUT2D eigenvalue weighted by atomic mass is 10.1. The van der Waals surface area contributed by atoms with Crippen molar-refractivity contribution >= 4 is 58.7 Å². The fourth-order valence-electron chi connectivity index (χ4n) is 7.24. The second-order valence-electron chi connectivity index (χ2n) is 14.5. The predicted molar refractivity (Wildman–Crippen MR) is 224 cm³/mol. The second kappa shape index (κ2) is 21.3. The van der Waals surface area contributed by atoms with Crippen LogP contribution in [0.5, 0.6) is 0 Å². The molecule has 2 aromatic heterocycles. The van der Waals surface area contributed by atoms with Crippen LogP contribution in [0.2, 0.25) is 0 Å². The number of hydrogen-bond donors (Lipinski definition) is 3. The second-order valence-corrected chi connectivity index (χ2v) is 14.5. The number of imidazole rings is 1. The van der Waals surface area contributed by atoms with Gasteiger partial charge in [0.05, 0.1) is 41.9 Å². The Kier molecular flexibility index (Phi) is 16.0. The lowest BCUT2D eigenvalue weighted by molar-refractivity contribution is -0.124. The van der Waals surface area contributed by atoms with Crippen molar-refractivity contribution in [2.45, 2.75) is 77.7 Å². The molecule has 2 aliphatic rings. The molecule has 0 bridgehead atoms. The number of likely N-dealkylation sites (N-methyl/N-ethyl adjacent to an activating group) is 1. The monoisotopic (exact) mass is 799 g/mol. The largest absolute Gasteiger partial charge is 0.384 e. The zero-order valence-electron chi connectivity index (χ0n) is 34.2. The van der Waals surface area contributed by atoms with Crippen LogP contribution >= 0.6 is 0 Å². The molecule has 3 aromatic rings. The number of aliphatic imine (C=N–C) groups is 2. The fraction of sp³-hybridized carbons (Fsp3) is 0.512. The van der Waals surface area contributed by atoms with E-state index in [0.29, 0.717) is 37.7 Å². The van der Waals surface area contributed by atoms with Crippen molar-refractivity contribution in [2.75, 3.05) is 64.9 Å². The Hall–Kier alpha value is -5.52. The number of piperazine rings is 1. The highest BCUT2D eigenvalue weighted by atomic mass is 16.5. The molecule has 3 amide bonds. The number of imide groups is 1. The molecule has 1 saturated heterocycles. The third-order valence-electron chi connectivity index (χ3n) is 10.3. The van der Waals surface area contributed by atoms with Gasteiger partial charge < -0.3 is 40.1 Å². The number of nitrogens with zero attached hydrogens (tertiary/aromatic N) is 8. The molecule has 2 aliphatic heterocycles. The number of methoxy groups -OCH3 is 1. The number of anilines is 1. The first kappa shape index (κ1) is 43.6. The molecule has 2 atom stereocenters. The minimum Gasteiger partial charge on any atom is -0.384 e. The van der Waals surface area contributed by atoms with E-state index in [4.69, 9.17) is 20.2 Å². The van der Waals surface area contributed by atoms with Gasteiger partial charge in [-0.3, -0.25) is 29.2 Å². The summed E-state index contributed by atoms with van der Waals surface area (Å²) >= 11 is 0. The van der Waals surface area contributed by atoms with E-state index in [-0.39, 0.29) is 36.1 Å². The molecule has 17 nitrogen and oxygen atoms in total. The van der Waals surface area contributed by atoms with Gasteiger partial charge >= 0.3 is 0 Å². The van der Waals surface area contributed by atoms with Gasteiger partial charge in [0, 0.05) is 83.8 Å². The Balaban J connectivity index is 1.10. The van der Waals surface area contributed by atoms with E-state index in [1.54, 1.807) is 44.1 Å². The van der Waals surface area contributed by atoms with Crippen LogP contribution in [0.3, 0.4) is 0 Å². The van der Waals surface area contributed by atoms with Gasteiger partial charge in [0.1, 0.15) is 36.1 Å². The summed E-state index contributed by atoms with van der Waals surface area (Å²) < 4.78 is 13.7. The molecule has 17 heteroatoms. The van der Waals surface area contributed by atoms with Crippen LogP contribution in [0, 0.1) is 0 Å². The van der Waals surface area contributed by atoms with Gasteiger partial charge in [-0.2, -0.15) is 0 Å². The first-order chi connectivity index (χ1) is 28.1. The van der Waals surface area contributed by atoms with Gasteiger partial charge in [-0.15, -0.1) is 0 Å². The number of rotatable bonds is 22. The highest BCUT2D eigenvalue weighted by Crippen LogP contribution is 2.31. The van der Waals surface area contributed by atoms with Gasteiger partial charge in [-0.05, 0) is 57.4 Å². The summed E-state index contributed by atoms with van der Waals surface area (Å²) in [5.41, 5.74) is 9.17. The van der Waals surface area contributed by atoms with Crippen molar-refractivity contribution in [2.24, 2.45) is 15.7 Å². The van der Waals surface area contributed by atoms with Gasteiger partial charge in [0.25, 0.3) is 11.8 Å². The molecule has 58 heavy (non-hydrogen) atoms. The van der Waals surface area contributed by atoms with Crippen molar-refractivity contribution in [3.63, 3.8) is 0 Å². The molecule has 4 heterocycles. The number of hydrogen-bond acceptors (Lipinski definition) is 12. The average molecular weight is 800 g/mol. The van der Waals surface area contributed by atoms with E-state index < -0.39 is 23.8 Å².